The SMILES string of the molecule is COc1ccc(C(=O)CN(C(=O)c2ccc(Cl)cc2Cl)N2C(=O)[C@@H]3[C@@H](C)C=CC[C@H]3C2=O)cc1. The number of Topliss-reactive ketones (excluding diaryl/α,β-unsaturated/α-hetero) is 1. The summed E-state index contributed by atoms with van der Waals surface area (Å²) in [5.74, 6) is -3.00. The molecule has 34 heavy (non-hydrogen) atoms. The number of ether oxygens (including phenoxy) is 1. The van der Waals surface area contributed by atoms with E-state index >= 15 is 0 Å². The van der Waals surface area contributed by atoms with Crippen molar-refractivity contribution in [3.05, 3.63) is 75.8 Å². The van der Waals surface area contributed by atoms with Crippen molar-refractivity contribution in [2.45, 2.75) is 13.3 Å². The van der Waals surface area contributed by atoms with Gasteiger partial charge < -0.3 is 4.74 Å². The summed E-state index contributed by atoms with van der Waals surface area (Å²) in [4.78, 5) is 53.4. The molecule has 3 amide bonds. The molecule has 0 saturated carbocycles. The molecule has 4 rings (SSSR count). The molecule has 3 atom stereocenters. The second kappa shape index (κ2) is 9.60. The second-order valence-corrected chi connectivity index (χ2v) is 9.13. The standard InChI is InChI=1S/C25H22Cl2N2O5/c1-14-4-3-5-19-22(14)25(33)29(24(19)32)28(23(31)18-11-8-16(26)12-20(18)27)13-21(30)15-6-9-17(34-2)10-7-15/h3-4,6-12,14,19,22H,5,13H2,1-2H3/t14-,19+,22+/m0/s1. The third-order valence-corrected chi connectivity index (χ3v) is 6.74. The Balaban J connectivity index is 1.72. The van der Waals surface area contributed by atoms with Crippen LogP contribution in [0.2, 0.25) is 10.0 Å². The molecule has 176 valence electrons. The number of fused-ring (bicyclic) bond motifs is 1. The van der Waals surface area contributed by atoms with Gasteiger partial charge in [-0.1, -0.05) is 42.3 Å². The zero-order valence-electron chi connectivity index (χ0n) is 18.5. The Morgan fingerprint density at radius 2 is 1.79 bits per heavy atom. The number of amides is 3. The fourth-order valence-corrected chi connectivity index (χ4v) is 4.90. The molecule has 1 aliphatic heterocycles. The summed E-state index contributed by atoms with van der Waals surface area (Å²) in [6, 6.07) is 10.6. The highest BCUT2D eigenvalue weighted by atomic mass is 35.5. The zero-order valence-corrected chi connectivity index (χ0v) is 20.0. The second-order valence-electron chi connectivity index (χ2n) is 8.28. The summed E-state index contributed by atoms with van der Waals surface area (Å²) >= 11 is 12.2. The Morgan fingerprint density at radius 3 is 2.41 bits per heavy atom. The van der Waals surface area contributed by atoms with Crippen LogP contribution in [-0.2, 0) is 9.59 Å². The molecule has 0 unspecified atom stereocenters. The molecule has 0 spiro atoms. The number of methoxy groups -OCH3 is 1. The molecule has 0 aromatic heterocycles. The van der Waals surface area contributed by atoms with Gasteiger partial charge in [0.05, 0.1) is 29.5 Å². The molecule has 1 aliphatic carbocycles. The number of imide groups is 1. The van der Waals surface area contributed by atoms with E-state index in [2.05, 4.69) is 0 Å². The Hall–Kier alpha value is -3.16. The number of carbonyl (C=O) groups excluding carboxylic acids is 4. The fourth-order valence-electron chi connectivity index (χ4n) is 4.41. The van der Waals surface area contributed by atoms with Crippen LogP contribution in [0.5, 0.6) is 5.75 Å². The minimum Gasteiger partial charge on any atom is -0.497 e. The molecule has 0 radical (unpaired) electrons. The maximum atomic E-state index is 13.6. The van der Waals surface area contributed by atoms with Gasteiger partial charge in [-0.05, 0) is 54.8 Å². The summed E-state index contributed by atoms with van der Waals surface area (Å²) < 4.78 is 5.12. The van der Waals surface area contributed by atoms with Crippen LogP contribution in [0, 0.1) is 17.8 Å². The van der Waals surface area contributed by atoms with E-state index in [-0.39, 0.29) is 16.5 Å². The minimum absolute atomic E-state index is 0.0234. The average molecular weight is 501 g/mol. The number of nitrogens with zero attached hydrogens (tertiary/aromatic N) is 2. The molecular weight excluding hydrogens is 479 g/mol. The number of allylic oxidation sites excluding steroid dienone is 2. The highest BCUT2D eigenvalue weighted by Gasteiger charge is 2.53. The number of rotatable bonds is 6. The van der Waals surface area contributed by atoms with Crippen molar-refractivity contribution in [3.8, 4) is 5.75 Å². The van der Waals surface area contributed by atoms with E-state index < -0.39 is 41.9 Å². The molecule has 9 heteroatoms. The Bertz CT molecular complexity index is 1190. The molecule has 2 aromatic rings. The van der Waals surface area contributed by atoms with Gasteiger partial charge in [0, 0.05) is 10.6 Å². The van der Waals surface area contributed by atoms with Crippen LogP contribution in [0.4, 0.5) is 0 Å². The molecule has 2 aromatic carbocycles. The lowest BCUT2D eigenvalue weighted by Gasteiger charge is -2.30. The predicted octanol–water partition coefficient (Wildman–Crippen LogP) is 4.44. The van der Waals surface area contributed by atoms with Crippen LogP contribution >= 0.6 is 23.2 Å². The van der Waals surface area contributed by atoms with Crippen molar-refractivity contribution in [2.24, 2.45) is 17.8 Å². The van der Waals surface area contributed by atoms with Crippen LogP contribution in [0.25, 0.3) is 0 Å². The number of carbonyl (C=O) groups is 4. The fraction of sp³-hybridized carbons (Fsp3) is 0.280. The lowest BCUT2D eigenvalue weighted by atomic mass is 9.78. The van der Waals surface area contributed by atoms with Gasteiger partial charge in [-0.15, -0.1) is 0 Å². The molecule has 1 heterocycles. The van der Waals surface area contributed by atoms with Gasteiger partial charge in [-0.2, -0.15) is 5.01 Å². The largest absolute Gasteiger partial charge is 0.497 e. The number of hydrazine groups is 1. The summed E-state index contributed by atoms with van der Waals surface area (Å²) in [7, 11) is 1.51. The van der Waals surface area contributed by atoms with E-state index in [0.717, 1.165) is 10.0 Å². The summed E-state index contributed by atoms with van der Waals surface area (Å²) in [5, 5.41) is 2.10. The number of halogens is 2. The van der Waals surface area contributed by atoms with Gasteiger partial charge in [0.2, 0.25) is 0 Å². The van der Waals surface area contributed by atoms with E-state index in [1.165, 1.54) is 25.3 Å². The van der Waals surface area contributed by atoms with E-state index in [1.54, 1.807) is 24.3 Å². The topological polar surface area (TPSA) is 84.0 Å². The third kappa shape index (κ3) is 4.33. The number of benzene rings is 2. The molecule has 7 nitrogen and oxygen atoms in total. The first-order valence-corrected chi connectivity index (χ1v) is 11.5. The average Bonchev–Trinajstić information content (AvgIpc) is 3.08. The Labute approximate surface area is 206 Å². The first kappa shape index (κ1) is 24.0. The first-order chi connectivity index (χ1) is 16.2. The van der Waals surface area contributed by atoms with Crippen molar-refractivity contribution < 1.29 is 23.9 Å². The summed E-state index contributed by atoms with van der Waals surface area (Å²) in [5.41, 5.74) is 0.322. The van der Waals surface area contributed by atoms with Gasteiger partial charge in [-0.3, -0.25) is 19.2 Å². The highest BCUT2D eigenvalue weighted by molar-refractivity contribution is 6.36. The quantitative estimate of drug-likeness (QED) is 0.332. The minimum atomic E-state index is -0.746. The van der Waals surface area contributed by atoms with Gasteiger partial charge in [-0.25, -0.2) is 5.01 Å². The zero-order chi connectivity index (χ0) is 24.6. The lowest BCUT2D eigenvalue weighted by Crippen LogP contribution is -2.52. The van der Waals surface area contributed by atoms with Gasteiger partial charge in [0.1, 0.15) is 12.3 Å². The lowest BCUT2D eigenvalue weighted by molar-refractivity contribution is -0.154. The van der Waals surface area contributed by atoms with E-state index in [9.17, 15) is 19.2 Å². The third-order valence-electron chi connectivity index (χ3n) is 6.19. The van der Waals surface area contributed by atoms with Crippen LogP contribution in [0.1, 0.15) is 34.1 Å². The van der Waals surface area contributed by atoms with Crippen LogP contribution in [-0.4, -0.2) is 47.2 Å². The first-order valence-electron chi connectivity index (χ1n) is 10.7. The predicted molar refractivity (Wildman–Crippen MR) is 127 cm³/mol. The normalized spacial score (nSPS) is 21.4. The van der Waals surface area contributed by atoms with Crippen molar-refractivity contribution in [2.75, 3.05) is 13.7 Å². The monoisotopic (exact) mass is 500 g/mol. The van der Waals surface area contributed by atoms with E-state index in [1.807, 2.05) is 19.1 Å². The summed E-state index contributed by atoms with van der Waals surface area (Å²) in [6.45, 7) is 1.33. The molecular formula is C25H22Cl2N2O5. The van der Waals surface area contributed by atoms with Crippen LogP contribution < -0.4 is 4.74 Å². The smallest absolute Gasteiger partial charge is 0.274 e. The number of hydrogen-bond donors (Lipinski definition) is 0. The molecule has 2 aliphatic rings. The van der Waals surface area contributed by atoms with Gasteiger partial charge in [0.15, 0.2) is 5.78 Å². The van der Waals surface area contributed by atoms with Crippen molar-refractivity contribution in [3.63, 3.8) is 0 Å². The van der Waals surface area contributed by atoms with E-state index in [4.69, 9.17) is 27.9 Å². The maximum absolute atomic E-state index is 13.6. The Morgan fingerprint density at radius 1 is 1.09 bits per heavy atom. The molecule has 1 fully saturated rings. The van der Waals surface area contributed by atoms with Gasteiger partial charge >= 0.3 is 0 Å². The molecule has 0 bridgehead atoms. The molecule has 1 saturated heterocycles. The maximum Gasteiger partial charge on any atom is 0.274 e. The van der Waals surface area contributed by atoms with Crippen LogP contribution in [0.15, 0.2) is 54.6 Å². The summed E-state index contributed by atoms with van der Waals surface area (Å²) in [6.07, 6.45) is 4.15. The van der Waals surface area contributed by atoms with Crippen molar-refractivity contribution in [1.82, 2.24) is 10.0 Å². The Kier molecular flexibility index (Phi) is 6.77. The number of ketones is 1. The van der Waals surface area contributed by atoms with Crippen molar-refractivity contribution in [1.29, 1.82) is 0 Å². The van der Waals surface area contributed by atoms with Crippen molar-refractivity contribution >= 4 is 46.7 Å². The number of hydrogen-bond acceptors (Lipinski definition) is 5. The molecule has 0 N–H and O–H groups in total. The van der Waals surface area contributed by atoms with E-state index in [0.29, 0.717) is 22.8 Å². The van der Waals surface area contributed by atoms with Gasteiger partial charge in [0.25, 0.3) is 17.7 Å². The van der Waals surface area contributed by atoms with Crippen LogP contribution in [0.3, 0.4) is 0 Å². The highest BCUT2D eigenvalue weighted by Crippen LogP contribution is 2.39.